The molecule has 4 fully saturated rings. The minimum atomic E-state index is -1.17. The monoisotopic (exact) mass is 809 g/mol. The molecule has 9 atom stereocenters. The maximum atomic E-state index is 14.3. The number of carbonyl (C=O) groups excluding carboxylic acids is 2. The van der Waals surface area contributed by atoms with Crippen LogP contribution in [0.3, 0.4) is 0 Å². The van der Waals surface area contributed by atoms with E-state index in [2.05, 4.69) is 78.4 Å². The lowest BCUT2D eigenvalue weighted by molar-refractivity contribution is -0.235. The number of aliphatic hydroxyl groups is 1. The number of hydrogen-bond acceptors (Lipinski definition) is 7. The molecular weight excluding hydrogens is 736 g/mol. The first-order chi connectivity index (χ1) is 26.4. The first kappa shape index (κ1) is 44.3. The van der Waals surface area contributed by atoms with E-state index >= 15 is 0 Å². The van der Waals surface area contributed by atoms with Crippen LogP contribution in [0.25, 0.3) is 0 Å². The van der Waals surface area contributed by atoms with Gasteiger partial charge in [-0.05, 0) is 142 Å². The largest absolute Gasteiger partial charge is 0.481 e. The Bertz CT molecular complexity index is 1750. The van der Waals surface area contributed by atoms with Gasteiger partial charge < -0.3 is 19.8 Å². The van der Waals surface area contributed by atoms with Crippen molar-refractivity contribution >= 4 is 29.3 Å². The number of rotatable bonds is 13. The Morgan fingerprint density at radius 1 is 0.947 bits per heavy atom. The van der Waals surface area contributed by atoms with E-state index in [-0.39, 0.29) is 51.8 Å². The second-order valence-electron chi connectivity index (χ2n) is 21.7. The van der Waals surface area contributed by atoms with Crippen molar-refractivity contribution in [2.24, 2.45) is 56.2 Å². The number of aliphatic carboxylic acids is 1. The number of halogens is 1. The van der Waals surface area contributed by atoms with Gasteiger partial charge in [0.1, 0.15) is 6.10 Å². The number of fused-ring (bicyclic) bond motifs is 7. The highest BCUT2D eigenvalue weighted by atomic mass is 35.5. The standard InChI is InChI=1S/C48H73ClN2O6/c1-30(2)40-34(52)26-48(37(53)29-51(24-23-50(10)11)28-31-13-12-14-32(49)25-31)22-21-46(8)33(41(40)48)15-16-36-45(7)19-18-38(57-39(54)27-43(3,4)42(55)56)44(5,6)35(45)17-20-47(36,46)9/h12-14,25,30,33,35-38,53H,15-24,26-29H2,1-11H3,(H,55,56)/t33-,35+,36-,37+,38+,45+,46-,47-,48+/m1/s1. The number of nitrogens with zero attached hydrogens (tertiary/aromatic N) is 2. The van der Waals surface area contributed by atoms with E-state index in [0.717, 1.165) is 75.6 Å². The number of ether oxygens (including phenoxy) is 1. The Balaban J connectivity index is 1.29. The number of carbonyl (C=O) groups is 3. The van der Waals surface area contributed by atoms with Gasteiger partial charge in [0.15, 0.2) is 5.78 Å². The summed E-state index contributed by atoms with van der Waals surface area (Å²) in [6.07, 6.45) is 7.11. The van der Waals surface area contributed by atoms with Gasteiger partial charge in [-0.3, -0.25) is 19.3 Å². The molecule has 0 heterocycles. The summed E-state index contributed by atoms with van der Waals surface area (Å²) < 4.78 is 6.20. The highest BCUT2D eigenvalue weighted by molar-refractivity contribution is 6.30. The summed E-state index contributed by atoms with van der Waals surface area (Å²) in [6, 6.07) is 8.00. The van der Waals surface area contributed by atoms with E-state index in [9.17, 15) is 24.6 Å². The molecule has 5 aliphatic rings. The SMILES string of the molecule is CC(C)C1=C2[C@H]3CC[C@@H]4[C@@]5(C)CC[C@H](OC(=O)CC(C)(C)C(=O)O)C(C)(C)[C@@H]5CC[C@@]4(C)[C@]3(C)CC[C@@]2([C@@H](O)CN(CCN(C)C)Cc2cccc(Cl)c2)CC1=O. The Morgan fingerprint density at radius 3 is 2.28 bits per heavy atom. The molecular formula is C48H73ClN2O6. The van der Waals surface area contributed by atoms with Crippen molar-refractivity contribution in [3.8, 4) is 0 Å². The number of allylic oxidation sites excluding steroid dienone is 1. The maximum Gasteiger partial charge on any atom is 0.309 e. The Labute approximate surface area is 348 Å². The average molecular weight is 810 g/mol. The van der Waals surface area contributed by atoms with Crippen LogP contribution < -0.4 is 0 Å². The number of aliphatic hydroxyl groups excluding tert-OH is 1. The highest BCUT2D eigenvalue weighted by Crippen LogP contribution is 2.77. The molecule has 5 aliphatic carbocycles. The zero-order chi connectivity index (χ0) is 42.1. The first-order valence-electron chi connectivity index (χ1n) is 21.9. The molecule has 1 aromatic carbocycles. The van der Waals surface area contributed by atoms with Gasteiger partial charge in [0.05, 0.1) is 17.9 Å². The Hall–Kier alpha value is -2.26. The van der Waals surface area contributed by atoms with E-state index < -0.39 is 28.9 Å². The van der Waals surface area contributed by atoms with Crippen LogP contribution in [-0.4, -0.2) is 83.7 Å². The van der Waals surface area contributed by atoms with Crippen LogP contribution in [0.15, 0.2) is 35.4 Å². The number of benzene rings is 1. The van der Waals surface area contributed by atoms with Crippen LogP contribution in [0.2, 0.25) is 5.02 Å². The molecule has 8 nitrogen and oxygen atoms in total. The van der Waals surface area contributed by atoms with Crippen molar-refractivity contribution in [2.45, 2.75) is 145 Å². The van der Waals surface area contributed by atoms with Crippen molar-refractivity contribution in [3.05, 3.63) is 46.0 Å². The van der Waals surface area contributed by atoms with Gasteiger partial charge in [0, 0.05) is 48.5 Å². The molecule has 0 unspecified atom stereocenters. The number of carboxylic acids is 1. The summed E-state index contributed by atoms with van der Waals surface area (Å²) in [5, 5.41) is 23.1. The number of carboxylic acid groups (broad SMARTS) is 1. The lowest BCUT2D eigenvalue weighted by Crippen LogP contribution is -2.66. The third-order valence-corrected chi connectivity index (χ3v) is 17.3. The Morgan fingerprint density at radius 2 is 1.65 bits per heavy atom. The van der Waals surface area contributed by atoms with Crippen LogP contribution >= 0.6 is 11.6 Å². The van der Waals surface area contributed by atoms with E-state index in [1.165, 1.54) is 5.57 Å². The zero-order valence-corrected chi connectivity index (χ0v) is 37.7. The van der Waals surface area contributed by atoms with Gasteiger partial charge in [-0.25, -0.2) is 0 Å². The summed E-state index contributed by atoms with van der Waals surface area (Å²) in [5.41, 5.74) is 1.48. The third kappa shape index (κ3) is 7.58. The second kappa shape index (κ2) is 15.6. The van der Waals surface area contributed by atoms with Crippen molar-refractivity contribution in [3.63, 3.8) is 0 Å². The quantitative estimate of drug-likeness (QED) is 0.190. The average Bonchev–Trinajstić information content (AvgIpc) is 3.42. The molecule has 318 valence electrons. The summed E-state index contributed by atoms with van der Waals surface area (Å²) >= 11 is 6.41. The molecule has 4 saturated carbocycles. The molecule has 0 amide bonds. The molecule has 1 aromatic rings. The zero-order valence-electron chi connectivity index (χ0n) is 37.0. The fourth-order valence-corrected chi connectivity index (χ4v) is 14.0. The van der Waals surface area contributed by atoms with Crippen LogP contribution in [-0.2, 0) is 25.7 Å². The second-order valence-corrected chi connectivity index (χ2v) is 22.2. The molecule has 6 rings (SSSR count). The van der Waals surface area contributed by atoms with Gasteiger partial charge in [-0.1, -0.05) is 77.8 Å². The van der Waals surface area contributed by atoms with Crippen LogP contribution in [0, 0.1) is 56.2 Å². The molecule has 9 heteroatoms. The topological polar surface area (TPSA) is 107 Å². The van der Waals surface area contributed by atoms with Gasteiger partial charge in [-0.15, -0.1) is 0 Å². The molecule has 0 aromatic heterocycles. The predicted molar refractivity (Wildman–Crippen MR) is 227 cm³/mol. The maximum absolute atomic E-state index is 14.3. The van der Waals surface area contributed by atoms with Crippen molar-refractivity contribution in [1.82, 2.24) is 9.80 Å². The fourth-order valence-electron chi connectivity index (χ4n) is 13.8. The fraction of sp³-hybridized carbons (Fsp3) is 0.771. The minimum absolute atomic E-state index is 0.0333. The molecule has 2 N–H and O–H groups in total. The third-order valence-electron chi connectivity index (χ3n) is 17.1. The van der Waals surface area contributed by atoms with Gasteiger partial charge in [0.25, 0.3) is 0 Å². The van der Waals surface area contributed by atoms with Crippen LogP contribution in [0.1, 0.15) is 132 Å². The number of hydrogen-bond donors (Lipinski definition) is 2. The molecule has 0 aliphatic heterocycles. The number of ketones is 1. The molecule has 0 radical (unpaired) electrons. The van der Waals surface area contributed by atoms with Crippen LogP contribution in [0.4, 0.5) is 0 Å². The lowest BCUT2D eigenvalue weighted by Gasteiger charge is -2.72. The molecule has 0 saturated heterocycles. The summed E-state index contributed by atoms with van der Waals surface area (Å²) in [4.78, 5) is 43.8. The van der Waals surface area contributed by atoms with Crippen LogP contribution in [0.5, 0.6) is 0 Å². The summed E-state index contributed by atoms with van der Waals surface area (Å²) in [7, 11) is 4.16. The normalized spacial score (nSPS) is 35.5. The predicted octanol–water partition coefficient (Wildman–Crippen LogP) is 9.46. The first-order valence-corrected chi connectivity index (χ1v) is 22.3. The van der Waals surface area contributed by atoms with E-state index in [4.69, 9.17) is 16.3 Å². The van der Waals surface area contributed by atoms with Crippen molar-refractivity contribution in [1.29, 1.82) is 0 Å². The summed E-state index contributed by atoms with van der Waals surface area (Å²) in [6.45, 7) is 22.6. The van der Waals surface area contributed by atoms with Gasteiger partial charge >= 0.3 is 11.9 Å². The molecule has 0 bridgehead atoms. The molecule has 57 heavy (non-hydrogen) atoms. The summed E-state index contributed by atoms with van der Waals surface area (Å²) in [5.74, 6) is -0.00895. The number of Topliss-reactive ketones (excluding diaryl/α,β-unsaturated/α-hetero) is 1. The number of esters is 1. The number of likely N-dealkylation sites (N-methyl/N-ethyl adjacent to an activating group) is 1. The smallest absolute Gasteiger partial charge is 0.309 e. The van der Waals surface area contributed by atoms with Crippen molar-refractivity contribution < 1.29 is 29.3 Å². The van der Waals surface area contributed by atoms with Gasteiger partial charge in [0.2, 0.25) is 0 Å². The van der Waals surface area contributed by atoms with E-state index in [1.807, 2.05) is 18.2 Å². The highest BCUT2D eigenvalue weighted by Gasteiger charge is 2.71. The molecule has 0 spiro atoms. The van der Waals surface area contributed by atoms with Gasteiger partial charge in [-0.2, -0.15) is 0 Å². The van der Waals surface area contributed by atoms with E-state index in [0.29, 0.717) is 36.4 Å². The lowest BCUT2D eigenvalue weighted by atomic mass is 9.33. The van der Waals surface area contributed by atoms with Crippen molar-refractivity contribution in [2.75, 3.05) is 33.7 Å². The Kier molecular flexibility index (Phi) is 12.2. The van der Waals surface area contributed by atoms with E-state index in [1.54, 1.807) is 13.8 Å². The minimum Gasteiger partial charge on any atom is -0.481 e.